The van der Waals surface area contributed by atoms with Gasteiger partial charge in [-0.15, -0.1) is 0 Å². The second-order valence-corrected chi connectivity index (χ2v) is 8.87. The minimum Gasteiger partial charge on any atom is -0.393 e. The van der Waals surface area contributed by atoms with E-state index in [1.165, 1.54) is 0 Å². The molecule has 2 aliphatic carbocycles. The summed E-state index contributed by atoms with van der Waals surface area (Å²) in [4.78, 5) is 15.9. The zero-order valence-corrected chi connectivity index (χ0v) is 14.6. The van der Waals surface area contributed by atoms with Gasteiger partial charge in [0.15, 0.2) is 0 Å². The van der Waals surface area contributed by atoms with Crippen LogP contribution < -0.4 is 5.32 Å². The largest absolute Gasteiger partial charge is 0.393 e. The van der Waals surface area contributed by atoms with Crippen molar-refractivity contribution < 1.29 is 14.6 Å². The van der Waals surface area contributed by atoms with Gasteiger partial charge in [-0.05, 0) is 37.9 Å². The molecule has 5 heteroatoms. The number of aliphatic hydroxyl groups is 1. The monoisotopic (exact) mass is 340 g/mol. The first-order chi connectivity index (χ1) is 12.0. The number of likely N-dealkylation sites (tertiary alicyclic amines) is 1. The number of piperidine rings is 1. The molecule has 4 fully saturated rings. The predicted octanol–water partition coefficient (Wildman–Crippen LogP) is 1.22. The summed E-state index contributed by atoms with van der Waals surface area (Å²) in [6, 6.07) is 8.40. The summed E-state index contributed by atoms with van der Waals surface area (Å²) in [6.07, 6.45) is 0.389. The van der Waals surface area contributed by atoms with Crippen molar-refractivity contribution in [2.45, 2.75) is 37.0 Å². The maximum absolute atomic E-state index is 13.5. The fraction of sp³-hybridized carbons (Fsp3) is 0.650. The molecule has 1 amide bonds. The highest BCUT2D eigenvalue weighted by atomic mass is 16.5. The van der Waals surface area contributed by atoms with Crippen molar-refractivity contribution in [3.8, 4) is 0 Å². The number of para-hydroxylation sites is 1. The van der Waals surface area contributed by atoms with E-state index in [0.717, 1.165) is 24.2 Å². The van der Waals surface area contributed by atoms with E-state index >= 15 is 0 Å². The first-order valence-electron chi connectivity index (χ1n) is 9.43. The van der Waals surface area contributed by atoms with E-state index in [-0.39, 0.29) is 23.3 Å². The number of rotatable bonds is 1. The number of carbonyl (C=O) groups excluding carboxylic acids is 1. The second kappa shape index (κ2) is 4.27. The number of hydrogen-bond donors (Lipinski definition) is 2. The molecule has 0 radical (unpaired) electrons. The van der Waals surface area contributed by atoms with Gasteiger partial charge in [0.1, 0.15) is 5.41 Å². The van der Waals surface area contributed by atoms with E-state index in [1.807, 2.05) is 25.1 Å². The molecule has 1 spiro atoms. The average Bonchev–Trinajstić information content (AvgIpc) is 3.09. The van der Waals surface area contributed by atoms with E-state index in [4.69, 9.17) is 4.74 Å². The number of hydrogen-bond acceptors (Lipinski definition) is 4. The molecule has 2 saturated carbocycles. The molecule has 5 aliphatic rings. The third-order valence-electron chi connectivity index (χ3n) is 8.33. The lowest BCUT2D eigenvalue weighted by molar-refractivity contribution is -0.179. The Labute approximate surface area is 147 Å². The Morgan fingerprint density at radius 3 is 3.00 bits per heavy atom. The summed E-state index contributed by atoms with van der Waals surface area (Å²) in [7, 11) is 2.16. The first kappa shape index (κ1) is 14.7. The Morgan fingerprint density at radius 1 is 1.40 bits per heavy atom. The van der Waals surface area contributed by atoms with E-state index in [0.29, 0.717) is 24.5 Å². The van der Waals surface area contributed by atoms with Crippen molar-refractivity contribution in [1.82, 2.24) is 4.90 Å². The van der Waals surface area contributed by atoms with Crippen LogP contribution >= 0.6 is 0 Å². The molecule has 2 saturated heterocycles. The molecule has 1 aromatic rings. The Kier molecular flexibility index (Phi) is 2.51. The van der Waals surface area contributed by atoms with Crippen LogP contribution in [0.3, 0.4) is 0 Å². The van der Waals surface area contributed by atoms with Crippen LogP contribution in [-0.2, 0) is 14.9 Å². The smallest absolute Gasteiger partial charge is 0.238 e. The predicted molar refractivity (Wildman–Crippen MR) is 92.1 cm³/mol. The van der Waals surface area contributed by atoms with Gasteiger partial charge in [-0.3, -0.25) is 4.79 Å². The second-order valence-electron chi connectivity index (χ2n) is 8.87. The van der Waals surface area contributed by atoms with Gasteiger partial charge in [0.25, 0.3) is 0 Å². The number of amides is 1. The highest BCUT2D eigenvalue weighted by molar-refractivity contribution is 6.07. The Bertz CT molecular complexity index is 795. The normalized spacial score (nSPS) is 50.4. The molecule has 132 valence electrons. The van der Waals surface area contributed by atoms with Gasteiger partial charge >= 0.3 is 0 Å². The fourth-order valence-corrected chi connectivity index (χ4v) is 7.74. The molecule has 25 heavy (non-hydrogen) atoms. The summed E-state index contributed by atoms with van der Waals surface area (Å²) in [5.41, 5.74) is 1.14. The topological polar surface area (TPSA) is 61.8 Å². The lowest BCUT2D eigenvalue weighted by atomic mass is 9.50. The zero-order chi connectivity index (χ0) is 17.1. The fourth-order valence-electron chi connectivity index (χ4n) is 7.74. The number of aliphatic hydroxyl groups excluding tert-OH is 1. The number of nitrogens with zero attached hydrogens (tertiary/aromatic N) is 1. The lowest BCUT2D eigenvalue weighted by Crippen LogP contribution is -2.65. The van der Waals surface area contributed by atoms with Crippen molar-refractivity contribution in [1.29, 1.82) is 0 Å². The Morgan fingerprint density at radius 2 is 2.20 bits per heavy atom. The highest BCUT2D eigenvalue weighted by Gasteiger charge is 2.81. The lowest BCUT2D eigenvalue weighted by Gasteiger charge is -2.56. The molecule has 1 aromatic carbocycles. The number of ether oxygens (including phenoxy) is 1. The van der Waals surface area contributed by atoms with Crippen LogP contribution in [0, 0.1) is 23.2 Å². The highest BCUT2D eigenvalue weighted by Crippen LogP contribution is 2.73. The van der Waals surface area contributed by atoms with Crippen molar-refractivity contribution in [3.63, 3.8) is 0 Å². The minimum absolute atomic E-state index is 0.0780. The molecule has 3 aliphatic heterocycles. The Balaban J connectivity index is 1.68. The number of nitrogens with one attached hydrogen (secondary N) is 1. The zero-order valence-electron chi connectivity index (χ0n) is 14.6. The molecular formula is C20H24N2O3. The van der Waals surface area contributed by atoms with Crippen LogP contribution in [0.15, 0.2) is 24.3 Å². The van der Waals surface area contributed by atoms with Crippen molar-refractivity contribution in [2.24, 2.45) is 23.2 Å². The van der Waals surface area contributed by atoms with Crippen LogP contribution in [0.25, 0.3) is 0 Å². The van der Waals surface area contributed by atoms with Crippen molar-refractivity contribution in [3.05, 3.63) is 29.8 Å². The van der Waals surface area contributed by atoms with E-state index in [1.54, 1.807) is 0 Å². The standard InChI is InChI=1S/C20H24N2O3/c1-10(23)19-9-22(2)16-11-8-25-15(7-13(11)19)20(17(16)19)12-5-3-4-6-14(12)21-18(20)24/h3-6,10-11,13,15-17,23H,7-9H2,1-2H3,(H,21,24)/t10-,11-,13+,15-,16+,17-,19+,20-/m1/s1. The summed E-state index contributed by atoms with van der Waals surface area (Å²) in [6.45, 7) is 3.53. The summed E-state index contributed by atoms with van der Waals surface area (Å²) in [5.74, 6) is 1.08. The van der Waals surface area contributed by atoms with Crippen LogP contribution in [-0.4, -0.2) is 54.4 Å². The summed E-state index contributed by atoms with van der Waals surface area (Å²) < 4.78 is 6.32. The van der Waals surface area contributed by atoms with Gasteiger partial charge in [0, 0.05) is 35.5 Å². The molecule has 8 atom stereocenters. The molecule has 2 N–H and O–H groups in total. The number of fused-ring (bicyclic) bond motifs is 5. The summed E-state index contributed by atoms with van der Waals surface area (Å²) in [5, 5.41) is 14.1. The molecule has 6 rings (SSSR count). The van der Waals surface area contributed by atoms with Gasteiger partial charge in [-0.25, -0.2) is 0 Å². The van der Waals surface area contributed by atoms with E-state index < -0.39 is 11.5 Å². The van der Waals surface area contributed by atoms with Crippen molar-refractivity contribution >= 4 is 11.6 Å². The molecule has 0 unspecified atom stereocenters. The van der Waals surface area contributed by atoms with Crippen LogP contribution in [0.1, 0.15) is 18.9 Å². The van der Waals surface area contributed by atoms with Gasteiger partial charge in [0.2, 0.25) is 5.91 Å². The molecular weight excluding hydrogens is 316 g/mol. The van der Waals surface area contributed by atoms with E-state index in [9.17, 15) is 9.90 Å². The van der Waals surface area contributed by atoms with Crippen LogP contribution in [0.5, 0.6) is 0 Å². The molecule has 0 aromatic heterocycles. The quantitative estimate of drug-likeness (QED) is 0.807. The third kappa shape index (κ3) is 1.30. The first-order valence-corrected chi connectivity index (χ1v) is 9.43. The molecule has 5 nitrogen and oxygen atoms in total. The van der Waals surface area contributed by atoms with Gasteiger partial charge in [-0.2, -0.15) is 0 Å². The van der Waals surface area contributed by atoms with Gasteiger partial charge in [0.05, 0.1) is 18.8 Å². The number of benzene rings is 1. The molecule has 3 heterocycles. The maximum atomic E-state index is 13.5. The third-order valence-corrected chi connectivity index (χ3v) is 8.33. The summed E-state index contributed by atoms with van der Waals surface area (Å²) >= 11 is 0. The van der Waals surface area contributed by atoms with Gasteiger partial charge in [-0.1, -0.05) is 18.2 Å². The van der Waals surface area contributed by atoms with E-state index in [2.05, 4.69) is 23.3 Å². The van der Waals surface area contributed by atoms with Crippen molar-refractivity contribution in [2.75, 3.05) is 25.5 Å². The number of carbonyl (C=O) groups is 1. The number of anilines is 1. The van der Waals surface area contributed by atoms with Crippen LogP contribution in [0.2, 0.25) is 0 Å². The average molecular weight is 340 g/mol. The van der Waals surface area contributed by atoms with Gasteiger partial charge < -0.3 is 20.1 Å². The van der Waals surface area contributed by atoms with Crippen LogP contribution in [0.4, 0.5) is 5.69 Å². The SMILES string of the molecule is C[C@@H](O)[C@@]12CN(C)[C@H]3[C@@H]4CO[C@H](C[C@@H]41)[C@@]1(C(=O)Nc4ccccc41)[C@H]32. The molecule has 5 bridgehead atoms. The Hall–Kier alpha value is -1.43. The maximum Gasteiger partial charge on any atom is 0.238 e. The minimum atomic E-state index is -0.662.